The number of benzene rings is 1. The van der Waals surface area contributed by atoms with Crippen LogP contribution in [0.4, 0.5) is 11.4 Å². The summed E-state index contributed by atoms with van der Waals surface area (Å²) in [5.41, 5.74) is 6.82. The number of nitrogens with two attached hydrogens (primary N) is 1. The predicted octanol–water partition coefficient (Wildman–Crippen LogP) is 1.52. The molecular formula is C11H11N3O3. The van der Waals surface area contributed by atoms with E-state index in [9.17, 15) is 9.90 Å². The number of nitrogen functional groups attached to an aromatic ring is 1. The van der Waals surface area contributed by atoms with Crippen molar-refractivity contribution in [2.45, 2.75) is 6.92 Å². The molecule has 1 amide bonds. The molecule has 0 fully saturated rings. The van der Waals surface area contributed by atoms with Crippen LogP contribution in [0.25, 0.3) is 0 Å². The maximum Gasteiger partial charge on any atom is 0.293 e. The number of oxazole rings is 1. The van der Waals surface area contributed by atoms with Gasteiger partial charge in [-0.1, -0.05) is 0 Å². The van der Waals surface area contributed by atoms with Gasteiger partial charge in [-0.2, -0.15) is 0 Å². The number of aromatic hydroxyl groups is 1. The Morgan fingerprint density at radius 1 is 1.53 bits per heavy atom. The van der Waals surface area contributed by atoms with Gasteiger partial charge in [-0.25, -0.2) is 4.98 Å². The van der Waals surface area contributed by atoms with Gasteiger partial charge in [0.05, 0.1) is 17.1 Å². The number of aromatic nitrogens is 1. The molecule has 1 aromatic carbocycles. The number of phenolic OH excluding ortho intramolecular Hbond substituents is 1. The number of anilines is 2. The normalized spacial score (nSPS) is 10.2. The first-order valence-corrected chi connectivity index (χ1v) is 4.88. The molecule has 0 bridgehead atoms. The van der Waals surface area contributed by atoms with Gasteiger partial charge in [-0.3, -0.25) is 4.79 Å². The highest BCUT2D eigenvalue weighted by atomic mass is 16.3. The summed E-state index contributed by atoms with van der Waals surface area (Å²) in [5, 5.41) is 11.8. The van der Waals surface area contributed by atoms with Gasteiger partial charge >= 0.3 is 0 Å². The summed E-state index contributed by atoms with van der Waals surface area (Å²) in [6.07, 6.45) is 1.20. The SMILES string of the molecule is Cc1ncoc1C(=O)Nc1ccc(O)cc1N. The second kappa shape index (κ2) is 4.17. The number of carbonyl (C=O) groups excluding carboxylic acids is 1. The fourth-order valence-corrected chi connectivity index (χ4v) is 1.36. The van der Waals surface area contributed by atoms with E-state index >= 15 is 0 Å². The zero-order chi connectivity index (χ0) is 12.4. The van der Waals surface area contributed by atoms with Crippen LogP contribution < -0.4 is 11.1 Å². The maximum absolute atomic E-state index is 11.8. The van der Waals surface area contributed by atoms with Crippen molar-refractivity contribution in [2.75, 3.05) is 11.1 Å². The third-order valence-electron chi connectivity index (χ3n) is 2.24. The highest BCUT2D eigenvalue weighted by molar-refractivity contribution is 6.04. The largest absolute Gasteiger partial charge is 0.508 e. The molecule has 0 spiro atoms. The lowest BCUT2D eigenvalue weighted by molar-refractivity contribution is 0.0996. The fraction of sp³-hybridized carbons (Fsp3) is 0.0909. The summed E-state index contributed by atoms with van der Waals surface area (Å²) in [4.78, 5) is 15.6. The van der Waals surface area contributed by atoms with E-state index in [1.165, 1.54) is 24.6 Å². The number of rotatable bonds is 2. The first kappa shape index (κ1) is 11.0. The smallest absolute Gasteiger partial charge is 0.293 e. The number of aryl methyl sites for hydroxylation is 1. The molecule has 0 atom stereocenters. The number of nitrogens with one attached hydrogen (secondary N) is 1. The average Bonchev–Trinajstić information content (AvgIpc) is 2.68. The molecule has 0 aliphatic heterocycles. The third kappa shape index (κ3) is 2.20. The number of nitrogens with zero attached hydrogens (tertiary/aromatic N) is 1. The summed E-state index contributed by atoms with van der Waals surface area (Å²) in [5.74, 6) is -0.258. The standard InChI is InChI=1S/C11H11N3O3/c1-6-10(17-5-13-6)11(16)14-9-3-2-7(15)4-8(9)12/h2-5,15H,12H2,1H3,(H,14,16). The molecule has 2 aromatic rings. The fourth-order valence-electron chi connectivity index (χ4n) is 1.36. The van der Waals surface area contributed by atoms with Crippen LogP contribution in [0.2, 0.25) is 0 Å². The van der Waals surface area contributed by atoms with Crippen molar-refractivity contribution in [3.63, 3.8) is 0 Å². The van der Waals surface area contributed by atoms with Crippen molar-refractivity contribution in [1.82, 2.24) is 4.98 Å². The van der Waals surface area contributed by atoms with Crippen molar-refractivity contribution in [3.05, 3.63) is 36.0 Å². The number of hydrogen-bond acceptors (Lipinski definition) is 5. The molecule has 0 radical (unpaired) electrons. The molecule has 1 heterocycles. The van der Waals surface area contributed by atoms with Crippen LogP contribution >= 0.6 is 0 Å². The zero-order valence-corrected chi connectivity index (χ0v) is 9.10. The average molecular weight is 233 g/mol. The van der Waals surface area contributed by atoms with Crippen LogP contribution in [0.5, 0.6) is 5.75 Å². The molecular weight excluding hydrogens is 222 g/mol. The van der Waals surface area contributed by atoms with Crippen molar-refractivity contribution in [1.29, 1.82) is 0 Å². The lowest BCUT2D eigenvalue weighted by Gasteiger charge is -2.07. The van der Waals surface area contributed by atoms with Gasteiger partial charge in [-0.15, -0.1) is 0 Å². The summed E-state index contributed by atoms with van der Waals surface area (Å²) < 4.78 is 4.95. The van der Waals surface area contributed by atoms with E-state index in [1.54, 1.807) is 6.92 Å². The first-order chi connectivity index (χ1) is 8.08. The highest BCUT2D eigenvalue weighted by Crippen LogP contribution is 2.23. The van der Waals surface area contributed by atoms with Crippen LogP contribution in [-0.2, 0) is 0 Å². The lowest BCUT2D eigenvalue weighted by atomic mass is 10.2. The number of carbonyl (C=O) groups is 1. The van der Waals surface area contributed by atoms with Gasteiger partial charge in [0.1, 0.15) is 5.75 Å². The van der Waals surface area contributed by atoms with Crippen LogP contribution in [0.1, 0.15) is 16.2 Å². The van der Waals surface area contributed by atoms with E-state index in [2.05, 4.69) is 10.3 Å². The van der Waals surface area contributed by atoms with E-state index in [4.69, 9.17) is 10.2 Å². The van der Waals surface area contributed by atoms with E-state index in [1.807, 2.05) is 0 Å². The summed E-state index contributed by atoms with van der Waals surface area (Å²) in [6, 6.07) is 4.29. The molecule has 0 saturated heterocycles. The molecule has 6 heteroatoms. The van der Waals surface area contributed by atoms with Gasteiger partial charge in [0, 0.05) is 6.07 Å². The lowest BCUT2D eigenvalue weighted by Crippen LogP contribution is -2.13. The minimum Gasteiger partial charge on any atom is -0.508 e. The van der Waals surface area contributed by atoms with Crippen molar-refractivity contribution in [3.8, 4) is 5.75 Å². The molecule has 17 heavy (non-hydrogen) atoms. The van der Waals surface area contributed by atoms with Gasteiger partial charge in [-0.05, 0) is 19.1 Å². The molecule has 6 nitrogen and oxygen atoms in total. The van der Waals surface area contributed by atoms with Crippen LogP contribution in [-0.4, -0.2) is 16.0 Å². The summed E-state index contributed by atoms with van der Waals surface area (Å²) >= 11 is 0. The Balaban J connectivity index is 2.22. The minimum atomic E-state index is -0.433. The minimum absolute atomic E-state index is 0.0383. The van der Waals surface area contributed by atoms with E-state index in [0.29, 0.717) is 11.4 Å². The van der Waals surface area contributed by atoms with Gasteiger partial charge in [0.15, 0.2) is 6.39 Å². The van der Waals surface area contributed by atoms with Crippen LogP contribution in [0.15, 0.2) is 29.0 Å². The van der Waals surface area contributed by atoms with E-state index in [-0.39, 0.29) is 17.2 Å². The molecule has 4 N–H and O–H groups in total. The second-order valence-electron chi connectivity index (χ2n) is 3.49. The van der Waals surface area contributed by atoms with Gasteiger partial charge in [0.25, 0.3) is 5.91 Å². The van der Waals surface area contributed by atoms with Crippen molar-refractivity contribution >= 4 is 17.3 Å². The maximum atomic E-state index is 11.8. The van der Waals surface area contributed by atoms with Gasteiger partial charge < -0.3 is 20.6 Å². The molecule has 0 aliphatic carbocycles. The number of amides is 1. The Morgan fingerprint density at radius 2 is 2.29 bits per heavy atom. The van der Waals surface area contributed by atoms with E-state index in [0.717, 1.165) is 0 Å². The molecule has 2 rings (SSSR count). The number of hydrogen-bond donors (Lipinski definition) is 3. The predicted molar refractivity (Wildman–Crippen MR) is 61.7 cm³/mol. The Labute approximate surface area is 97.1 Å². The molecule has 0 aliphatic rings. The Morgan fingerprint density at radius 3 is 2.88 bits per heavy atom. The quantitative estimate of drug-likeness (QED) is 0.539. The van der Waals surface area contributed by atoms with Crippen molar-refractivity contribution < 1.29 is 14.3 Å². The topological polar surface area (TPSA) is 101 Å². The third-order valence-corrected chi connectivity index (χ3v) is 2.24. The van der Waals surface area contributed by atoms with Crippen molar-refractivity contribution in [2.24, 2.45) is 0 Å². The number of phenols is 1. The molecule has 0 saturated carbocycles. The Hall–Kier alpha value is -2.50. The summed E-state index contributed by atoms with van der Waals surface area (Å²) in [7, 11) is 0. The first-order valence-electron chi connectivity index (χ1n) is 4.88. The van der Waals surface area contributed by atoms with Gasteiger partial charge in [0.2, 0.25) is 5.76 Å². The van der Waals surface area contributed by atoms with E-state index < -0.39 is 5.91 Å². The Kier molecular flexibility index (Phi) is 2.70. The second-order valence-corrected chi connectivity index (χ2v) is 3.49. The zero-order valence-electron chi connectivity index (χ0n) is 9.10. The van der Waals surface area contributed by atoms with Crippen LogP contribution in [0, 0.1) is 6.92 Å². The molecule has 88 valence electrons. The Bertz CT molecular complexity index is 563. The van der Waals surface area contributed by atoms with Crippen LogP contribution in [0.3, 0.4) is 0 Å². The molecule has 1 aromatic heterocycles. The summed E-state index contributed by atoms with van der Waals surface area (Å²) in [6.45, 7) is 1.67. The molecule has 0 unspecified atom stereocenters. The monoisotopic (exact) mass is 233 g/mol. The highest BCUT2D eigenvalue weighted by Gasteiger charge is 2.15.